The molecule has 0 spiro atoms. The van der Waals surface area contributed by atoms with Crippen LogP contribution in [0.25, 0.3) is 5.65 Å². The normalized spacial score (nSPS) is 18.9. The van der Waals surface area contributed by atoms with Crippen LogP contribution in [0.1, 0.15) is 90.8 Å². The minimum atomic E-state index is -4.44. The Morgan fingerprint density at radius 3 is 2.51 bits per heavy atom. The van der Waals surface area contributed by atoms with Crippen LogP contribution in [0.4, 0.5) is 22.0 Å². The third-order valence-corrected chi connectivity index (χ3v) is 8.02. The van der Waals surface area contributed by atoms with Crippen molar-refractivity contribution in [3.63, 3.8) is 0 Å². The summed E-state index contributed by atoms with van der Waals surface area (Å²) >= 11 is 0. The SMILES string of the molecule is COCCn1nc(C(N)=O)c([C@H](c2cn3ncc([C@H](NC(=O)CCC(F)(F)F)C4CC4)cc3n2)C2CCC(F)(F)CC2)n1. The number of aromatic nitrogens is 6. The van der Waals surface area contributed by atoms with Crippen molar-refractivity contribution in [3.05, 3.63) is 41.1 Å². The molecule has 2 aliphatic carbocycles. The van der Waals surface area contributed by atoms with E-state index in [9.17, 15) is 31.5 Å². The number of imidazole rings is 1. The molecular formula is C27H33F5N8O3. The van der Waals surface area contributed by atoms with Gasteiger partial charge in [0.15, 0.2) is 11.3 Å². The summed E-state index contributed by atoms with van der Waals surface area (Å²) < 4.78 is 72.7. The van der Waals surface area contributed by atoms with Gasteiger partial charge in [0.1, 0.15) is 5.69 Å². The molecule has 3 heterocycles. The first-order valence-corrected chi connectivity index (χ1v) is 14.2. The maximum atomic E-state index is 14.1. The molecule has 0 unspecified atom stereocenters. The van der Waals surface area contributed by atoms with Crippen LogP contribution in [-0.4, -0.2) is 67.2 Å². The van der Waals surface area contributed by atoms with E-state index in [1.807, 2.05) is 0 Å². The summed E-state index contributed by atoms with van der Waals surface area (Å²) in [6.07, 6.45) is -1.91. The Morgan fingerprint density at radius 2 is 1.88 bits per heavy atom. The summed E-state index contributed by atoms with van der Waals surface area (Å²) in [5.74, 6) is -5.29. The van der Waals surface area contributed by atoms with E-state index in [2.05, 4.69) is 20.6 Å². The molecule has 2 amide bonds. The molecule has 0 aromatic carbocycles. The summed E-state index contributed by atoms with van der Waals surface area (Å²) in [6.45, 7) is 0.502. The molecule has 2 atom stereocenters. The fraction of sp³-hybridized carbons (Fsp3) is 0.630. The number of carbonyl (C=O) groups excluding carboxylic acids is 2. The monoisotopic (exact) mass is 612 g/mol. The number of carbonyl (C=O) groups is 2. The van der Waals surface area contributed by atoms with E-state index < -0.39 is 48.7 Å². The number of alkyl halides is 5. The van der Waals surface area contributed by atoms with Gasteiger partial charge in [-0.05, 0) is 49.1 Å². The maximum absolute atomic E-state index is 14.1. The highest BCUT2D eigenvalue weighted by atomic mass is 19.4. The highest BCUT2D eigenvalue weighted by Gasteiger charge is 2.42. The van der Waals surface area contributed by atoms with Crippen molar-refractivity contribution in [3.8, 4) is 0 Å². The number of nitrogens with two attached hydrogens (primary N) is 1. The van der Waals surface area contributed by atoms with E-state index >= 15 is 0 Å². The van der Waals surface area contributed by atoms with Crippen molar-refractivity contribution in [1.29, 1.82) is 0 Å². The van der Waals surface area contributed by atoms with Crippen LogP contribution in [-0.2, 0) is 16.1 Å². The quantitative estimate of drug-likeness (QED) is 0.295. The van der Waals surface area contributed by atoms with Crippen LogP contribution in [0, 0.1) is 11.8 Å². The number of rotatable bonds is 12. The largest absolute Gasteiger partial charge is 0.389 e. The second-order valence-corrected chi connectivity index (χ2v) is 11.3. The second kappa shape index (κ2) is 12.1. The minimum absolute atomic E-state index is 0.0606. The Morgan fingerprint density at radius 1 is 1.16 bits per heavy atom. The molecule has 3 aromatic rings. The summed E-state index contributed by atoms with van der Waals surface area (Å²) in [5, 5.41) is 15.9. The number of nitrogens with zero attached hydrogens (tertiary/aromatic N) is 6. The maximum Gasteiger partial charge on any atom is 0.389 e. The van der Waals surface area contributed by atoms with Crippen molar-refractivity contribution in [1.82, 2.24) is 34.9 Å². The van der Waals surface area contributed by atoms with Crippen molar-refractivity contribution in [2.45, 2.75) is 82.0 Å². The van der Waals surface area contributed by atoms with Crippen LogP contribution < -0.4 is 11.1 Å². The Kier molecular flexibility index (Phi) is 8.68. The van der Waals surface area contributed by atoms with Gasteiger partial charge in [-0.1, -0.05) is 0 Å². The van der Waals surface area contributed by atoms with Crippen molar-refractivity contribution >= 4 is 17.5 Å². The molecule has 0 saturated heterocycles. The van der Waals surface area contributed by atoms with E-state index in [4.69, 9.17) is 15.5 Å². The van der Waals surface area contributed by atoms with E-state index in [1.54, 1.807) is 12.3 Å². The van der Waals surface area contributed by atoms with Crippen LogP contribution in [0.2, 0.25) is 0 Å². The van der Waals surface area contributed by atoms with Crippen LogP contribution >= 0.6 is 0 Å². The van der Waals surface area contributed by atoms with Crippen LogP contribution in [0.3, 0.4) is 0 Å². The number of hydrogen-bond acceptors (Lipinski definition) is 7. The Labute approximate surface area is 243 Å². The van der Waals surface area contributed by atoms with Gasteiger partial charge in [0.25, 0.3) is 5.91 Å². The minimum Gasteiger partial charge on any atom is -0.383 e. The van der Waals surface area contributed by atoms with Gasteiger partial charge in [0.05, 0.1) is 49.6 Å². The number of halogens is 5. The number of ether oxygens (including phenoxy) is 1. The lowest BCUT2D eigenvalue weighted by Crippen LogP contribution is -2.30. The molecule has 11 nitrogen and oxygen atoms in total. The number of hydrogen-bond donors (Lipinski definition) is 2. The van der Waals surface area contributed by atoms with Gasteiger partial charge in [-0.15, -0.1) is 5.10 Å². The average molecular weight is 613 g/mol. The topological polar surface area (TPSA) is 142 Å². The Bertz CT molecular complexity index is 1460. The number of fused-ring (bicyclic) bond motifs is 1. The van der Waals surface area contributed by atoms with Crippen molar-refractivity contribution in [2.75, 3.05) is 13.7 Å². The van der Waals surface area contributed by atoms with Gasteiger partial charge in [-0.25, -0.2) is 18.3 Å². The van der Waals surface area contributed by atoms with Gasteiger partial charge >= 0.3 is 6.18 Å². The Balaban J connectivity index is 1.48. The molecule has 2 saturated carbocycles. The molecule has 0 aliphatic heterocycles. The first kappa shape index (κ1) is 30.8. The second-order valence-electron chi connectivity index (χ2n) is 11.3. The van der Waals surface area contributed by atoms with Gasteiger partial charge < -0.3 is 15.8 Å². The van der Waals surface area contributed by atoms with Gasteiger partial charge in [-0.3, -0.25) is 9.59 Å². The lowest BCUT2D eigenvalue weighted by atomic mass is 9.75. The van der Waals surface area contributed by atoms with Crippen LogP contribution in [0.15, 0.2) is 18.5 Å². The van der Waals surface area contributed by atoms with Gasteiger partial charge in [-0.2, -0.15) is 28.2 Å². The van der Waals surface area contributed by atoms with Crippen molar-refractivity contribution in [2.24, 2.45) is 17.6 Å². The zero-order valence-electron chi connectivity index (χ0n) is 23.5. The number of amides is 2. The predicted octanol–water partition coefficient (Wildman–Crippen LogP) is 3.93. The lowest BCUT2D eigenvalue weighted by Gasteiger charge is -2.32. The third kappa shape index (κ3) is 7.46. The third-order valence-electron chi connectivity index (χ3n) is 8.02. The molecule has 5 rings (SSSR count). The van der Waals surface area contributed by atoms with Crippen molar-refractivity contribution < 1.29 is 36.3 Å². The first-order valence-electron chi connectivity index (χ1n) is 14.2. The highest BCUT2D eigenvalue weighted by Crippen LogP contribution is 2.45. The fourth-order valence-corrected chi connectivity index (χ4v) is 5.65. The molecule has 16 heteroatoms. The molecule has 2 fully saturated rings. The van der Waals surface area contributed by atoms with Crippen LogP contribution in [0.5, 0.6) is 0 Å². The zero-order chi connectivity index (χ0) is 30.9. The molecule has 3 N–H and O–H groups in total. The van der Waals surface area contributed by atoms with E-state index in [0.29, 0.717) is 16.9 Å². The molecule has 0 radical (unpaired) electrons. The summed E-state index contributed by atoms with van der Waals surface area (Å²) in [7, 11) is 1.50. The smallest absolute Gasteiger partial charge is 0.383 e. The van der Waals surface area contributed by atoms with E-state index in [1.165, 1.54) is 22.6 Å². The zero-order valence-corrected chi connectivity index (χ0v) is 23.5. The lowest BCUT2D eigenvalue weighted by molar-refractivity contribution is -0.144. The Hall–Kier alpha value is -3.69. The summed E-state index contributed by atoms with van der Waals surface area (Å²) in [6, 6.07) is 1.16. The first-order chi connectivity index (χ1) is 20.3. The van der Waals surface area contributed by atoms with E-state index in [-0.39, 0.29) is 62.1 Å². The van der Waals surface area contributed by atoms with Gasteiger partial charge in [0.2, 0.25) is 11.8 Å². The highest BCUT2D eigenvalue weighted by molar-refractivity contribution is 5.92. The molecule has 43 heavy (non-hydrogen) atoms. The molecule has 0 bridgehead atoms. The predicted molar refractivity (Wildman–Crippen MR) is 141 cm³/mol. The molecule has 3 aromatic heterocycles. The average Bonchev–Trinajstić information content (AvgIpc) is 3.56. The summed E-state index contributed by atoms with van der Waals surface area (Å²) in [4.78, 5) is 30.8. The number of methoxy groups -OCH3 is 1. The number of primary amides is 1. The fourth-order valence-electron chi connectivity index (χ4n) is 5.65. The number of nitrogens with one attached hydrogen (secondary N) is 1. The van der Waals surface area contributed by atoms with Gasteiger partial charge in [0, 0.05) is 26.4 Å². The molecule has 234 valence electrons. The standard InChI is InChI=1S/C27H33F5N8O3/c1-43-11-10-40-37-23(24(38-40)25(33)42)21(15-4-7-26(28,29)8-5-15)18-14-39-19(35-18)12-17(13-34-39)22(16-2-3-16)36-20(41)6-9-27(30,31)32/h12-16,21-22H,2-11H2,1H3,(H2,33,42)(H,36,41)/t21-,22+/m0/s1. The molecular weight excluding hydrogens is 579 g/mol. The van der Waals surface area contributed by atoms with E-state index in [0.717, 1.165) is 12.8 Å². The molecule has 2 aliphatic rings. The summed E-state index contributed by atoms with van der Waals surface area (Å²) in [5.41, 5.74) is 7.19.